The molecule has 128 valence electrons. The Bertz CT molecular complexity index is 526. The van der Waals surface area contributed by atoms with Gasteiger partial charge in [-0.15, -0.1) is 12.4 Å². The lowest BCUT2D eigenvalue weighted by Gasteiger charge is -2.22. The average molecular weight is 378 g/mol. The lowest BCUT2D eigenvalue weighted by molar-refractivity contribution is -0.122. The molecule has 1 heterocycles. The Hall–Kier alpha value is -0.480. The van der Waals surface area contributed by atoms with Crippen molar-refractivity contribution < 1.29 is 4.79 Å². The molecule has 2 aliphatic rings. The van der Waals surface area contributed by atoms with Gasteiger partial charge in [-0.25, -0.2) is 0 Å². The molecule has 1 aromatic carbocycles. The van der Waals surface area contributed by atoms with E-state index in [1.54, 1.807) is 6.07 Å². The zero-order chi connectivity index (χ0) is 15.5. The number of piperidine rings is 1. The Kier molecular flexibility index (Phi) is 7.02. The fourth-order valence-corrected chi connectivity index (χ4v) is 3.89. The minimum absolute atomic E-state index is 0. The van der Waals surface area contributed by atoms with Crippen LogP contribution in [-0.4, -0.2) is 25.5 Å². The Morgan fingerprint density at radius 1 is 1.26 bits per heavy atom. The summed E-state index contributed by atoms with van der Waals surface area (Å²) in [4.78, 5) is 12.2. The van der Waals surface area contributed by atoms with Gasteiger partial charge in [0.15, 0.2) is 0 Å². The van der Waals surface area contributed by atoms with Gasteiger partial charge in [-0.3, -0.25) is 4.79 Å². The van der Waals surface area contributed by atoms with Gasteiger partial charge in [0.2, 0.25) is 5.91 Å². The number of benzene rings is 1. The van der Waals surface area contributed by atoms with Crippen molar-refractivity contribution in [3.63, 3.8) is 0 Å². The van der Waals surface area contributed by atoms with Crippen molar-refractivity contribution in [1.82, 2.24) is 10.6 Å². The highest BCUT2D eigenvalue weighted by atomic mass is 35.5. The number of hydrogen-bond acceptors (Lipinski definition) is 2. The van der Waals surface area contributed by atoms with E-state index < -0.39 is 0 Å². The van der Waals surface area contributed by atoms with Crippen molar-refractivity contribution in [2.24, 2.45) is 11.8 Å². The summed E-state index contributed by atoms with van der Waals surface area (Å²) in [6.45, 7) is 3.00. The van der Waals surface area contributed by atoms with Crippen molar-refractivity contribution in [2.75, 3.05) is 19.6 Å². The van der Waals surface area contributed by atoms with Crippen LogP contribution in [0.5, 0.6) is 0 Å². The molecule has 1 aromatic rings. The monoisotopic (exact) mass is 376 g/mol. The van der Waals surface area contributed by atoms with Gasteiger partial charge in [0, 0.05) is 22.5 Å². The smallest absolute Gasteiger partial charge is 0.223 e. The van der Waals surface area contributed by atoms with E-state index in [-0.39, 0.29) is 30.2 Å². The van der Waals surface area contributed by atoms with Crippen LogP contribution in [-0.2, 0) is 4.79 Å². The van der Waals surface area contributed by atoms with Crippen LogP contribution in [0.3, 0.4) is 0 Å². The van der Waals surface area contributed by atoms with E-state index in [0.29, 0.717) is 16.0 Å². The zero-order valence-electron chi connectivity index (χ0n) is 13.0. The largest absolute Gasteiger partial charge is 0.356 e. The molecule has 0 aromatic heterocycles. The van der Waals surface area contributed by atoms with Crippen LogP contribution in [0.15, 0.2) is 18.2 Å². The van der Waals surface area contributed by atoms with Crippen molar-refractivity contribution in [2.45, 2.75) is 31.6 Å². The van der Waals surface area contributed by atoms with Gasteiger partial charge in [-0.2, -0.15) is 0 Å². The quantitative estimate of drug-likeness (QED) is 0.813. The molecule has 3 rings (SSSR count). The number of rotatable bonds is 5. The molecular weight excluding hydrogens is 355 g/mol. The van der Waals surface area contributed by atoms with Gasteiger partial charge in [-0.05, 0) is 74.4 Å². The zero-order valence-corrected chi connectivity index (χ0v) is 15.3. The summed E-state index contributed by atoms with van der Waals surface area (Å²) < 4.78 is 0. The second-order valence-corrected chi connectivity index (χ2v) is 7.32. The minimum atomic E-state index is 0. The molecule has 0 spiro atoms. The maximum absolute atomic E-state index is 12.2. The summed E-state index contributed by atoms with van der Waals surface area (Å²) in [6.07, 6.45) is 4.49. The Labute approximate surface area is 153 Å². The molecule has 3 unspecified atom stereocenters. The van der Waals surface area contributed by atoms with Crippen LogP contribution in [0.25, 0.3) is 0 Å². The Morgan fingerprint density at radius 2 is 2.00 bits per heavy atom. The van der Waals surface area contributed by atoms with Gasteiger partial charge in [0.1, 0.15) is 0 Å². The average Bonchev–Trinajstić information content (AvgIpc) is 3.28. The summed E-state index contributed by atoms with van der Waals surface area (Å²) in [6, 6.07) is 5.56. The molecule has 6 heteroatoms. The van der Waals surface area contributed by atoms with Crippen molar-refractivity contribution >= 4 is 41.5 Å². The van der Waals surface area contributed by atoms with Crippen LogP contribution < -0.4 is 10.6 Å². The van der Waals surface area contributed by atoms with Gasteiger partial charge >= 0.3 is 0 Å². The van der Waals surface area contributed by atoms with Crippen LogP contribution in [0.4, 0.5) is 0 Å². The number of halogens is 3. The molecule has 1 amide bonds. The predicted octanol–water partition coefficient (Wildman–Crippen LogP) is 4.02. The van der Waals surface area contributed by atoms with Crippen LogP contribution >= 0.6 is 35.6 Å². The molecule has 3 atom stereocenters. The molecule has 1 aliphatic carbocycles. The number of carbonyl (C=O) groups is 1. The third kappa shape index (κ3) is 5.25. The molecule has 23 heavy (non-hydrogen) atoms. The summed E-state index contributed by atoms with van der Waals surface area (Å²) in [5.74, 6) is 1.23. The summed E-state index contributed by atoms with van der Waals surface area (Å²) in [5.41, 5.74) is 1.08. The number of hydrogen-bond donors (Lipinski definition) is 2. The van der Waals surface area contributed by atoms with E-state index in [1.807, 2.05) is 12.1 Å². The van der Waals surface area contributed by atoms with E-state index in [1.165, 1.54) is 12.8 Å². The highest BCUT2D eigenvalue weighted by Gasteiger charge is 2.43. The SMILES string of the molecule is Cl.O=C(NCCC1CCCNC1)C1CC1c1cc(Cl)cc(Cl)c1. The lowest BCUT2D eigenvalue weighted by atomic mass is 9.96. The van der Waals surface area contributed by atoms with Crippen LogP contribution in [0, 0.1) is 11.8 Å². The third-order valence-electron chi connectivity index (χ3n) is 4.69. The molecule has 1 aliphatic heterocycles. The fraction of sp³-hybridized carbons (Fsp3) is 0.588. The first-order chi connectivity index (χ1) is 10.6. The second-order valence-electron chi connectivity index (χ2n) is 6.44. The topological polar surface area (TPSA) is 41.1 Å². The Balaban J connectivity index is 0.00000192. The highest BCUT2D eigenvalue weighted by molar-refractivity contribution is 6.34. The first-order valence-electron chi connectivity index (χ1n) is 8.08. The molecule has 0 bridgehead atoms. The maximum Gasteiger partial charge on any atom is 0.223 e. The van der Waals surface area contributed by atoms with Crippen molar-refractivity contribution in [1.29, 1.82) is 0 Å². The van der Waals surface area contributed by atoms with Gasteiger partial charge in [-0.1, -0.05) is 23.2 Å². The Morgan fingerprint density at radius 3 is 2.65 bits per heavy atom. The molecule has 1 saturated heterocycles. The number of amides is 1. The van der Waals surface area contributed by atoms with E-state index in [0.717, 1.165) is 38.0 Å². The minimum Gasteiger partial charge on any atom is -0.356 e. The first-order valence-corrected chi connectivity index (χ1v) is 8.83. The first kappa shape index (κ1) is 18.9. The molecule has 2 fully saturated rings. The lowest BCUT2D eigenvalue weighted by Crippen LogP contribution is -2.33. The third-order valence-corrected chi connectivity index (χ3v) is 5.13. The second kappa shape index (κ2) is 8.57. The molecule has 1 saturated carbocycles. The molecule has 2 N–H and O–H groups in total. The maximum atomic E-state index is 12.2. The standard InChI is InChI=1S/C17H22Cl2N2O.ClH/c18-13-6-12(7-14(19)8-13)15-9-16(15)17(22)21-5-3-11-2-1-4-20-10-11;/h6-8,11,15-16,20H,1-5,9-10H2,(H,21,22);1H. The van der Waals surface area contributed by atoms with Crippen LogP contribution in [0.2, 0.25) is 10.0 Å². The van der Waals surface area contributed by atoms with Crippen LogP contribution in [0.1, 0.15) is 37.2 Å². The van der Waals surface area contributed by atoms with E-state index >= 15 is 0 Å². The van der Waals surface area contributed by atoms with Gasteiger partial charge < -0.3 is 10.6 Å². The van der Waals surface area contributed by atoms with E-state index in [4.69, 9.17) is 23.2 Å². The van der Waals surface area contributed by atoms with Gasteiger partial charge in [0.05, 0.1) is 0 Å². The van der Waals surface area contributed by atoms with E-state index in [9.17, 15) is 4.79 Å². The molecule has 3 nitrogen and oxygen atoms in total. The van der Waals surface area contributed by atoms with E-state index in [2.05, 4.69) is 10.6 Å². The molecular formula is C17H23Cl3N2O. The summed E-state index contributed by atoms with van der Waals surface area (Å²) in [5, 5.41) is 7.77. The molecule has 0 radical (unpaired) electrons. The summed E-state index contributed by atoms with van der Waals surface area (Å²) >= 11 is 12.1. The fourth-order valence-electron chi connectivity index (χ4n) is 3.34. The van der Waals surface area contributed by atoms with Crippen molar-refractivity contribution in [3.8, 4) is 0 Å². The number of carbonyl (C=O) groups excluding carboxylic acids is 1. The number of nitrogens with one attached hydrogen (secondary N) is 2. The normalized spacial score (nSPS) is 26.3. The highest BCUT2D eigenvalue weighted by Crippen LogP contribution is 2.48. The van der Waals surface area contributed by atoms with Gasteiger partial charge in [0.25, 0.3) is 0 Å². The predicted molar refractivity (Wildman–Crippen MR) is 97.8 cm³/mol. The summed E-state index contributed by atoms with van der Waals surface area (Å²) in [7, 11) is 0. The van der Waals surface area contributed by atoms with Crippen molar-refractivity contribution in [3.05, 3.63) is 33.8 Å².